The Balaban J connectivity index is 1.95. The number of hydrogen-bond acceptors (Lipinski definition) is 4. The molecule has 4 rings (SSSR count). The minimum Gasteiger partial charge on any atom is -0.305 e. The Labute approximate surface area is 121 Å². The zero-order valence-corrected chi connectivity index (χ0v) is 11.5. The Kier molecular flexibility index (Phi) is 2.77. The molecule has 1 aromatic carbocycles. The molecule has 5 nitrogen and oxygen atoms in total. The largest absolute Gasteiger partial charge is 0.305 e. The van der Waals surface area contributed by atoms with Crippen LogP contribution < -0.4 is 5.56 Å². The molecule has 1 aliphatic rings. The quantitative estimate of drug-likeness (QED) is 0.741. The maximum absolute atomic E-state index is 12.3. The zero-order chi connectivity index (χ0) is 14.2. The highest BCUT2D eigenvalue weighted by Gasteiger charge is 2.16. The van der Waals surface area contributed by atoms with Crippen LogP contribution in [0.25, 0.3) is 22.6 Å². The molecule has 0 bridgehead atoms. The minimum atomic E-state index is -0.222. The number of aromatic amines is 1. The van der Waals surface area contributed by atoms with Gasteiger partial charge < -0.3 is 4.98 Å². The molecule has 104 valence electrons. The molecule has 0 saturated heterocycles. The predicted molar refractivity (Wildman–Crippen MR) is 80.0 cm³/mol. The van der Waals surface area contributed by atoms with Crippen molar-refractivity contribution in [1.82, 2.24) is 19.9 Å². The second kappa shape index (κ2) is 4.77. The van der Waals surface area contributed by atoms with Crippen LogP contribution in [-0.4, -0.2) is 19.9 Å². The van der Waals surface area contributed by atoms with Gasteiger partial charge in [-0.25, -0.2) is 15.0 Å². The van der Waals surface area contributed by atoms with Gasteiger partial charge in [0.2, 0.25) is 0 Å². The summed E-state index contributed by atoms with van der Waals surface area (Å²) in [6.45, 7) is 0. The predicted octanol–water partition coefficient (Wildman–Crippen LogP) is 2.26. The molecule has 0 atom stereocenters. The Morgan fingerprint density at radius 3 is 2.38 bits per heavy atom. The first-order valence-corrected chi connectivity index (χ1v) is 7.16. The van der Waals surface area contributed by atoms with E-state index in [-0.39, 0.29) is 5.56 Å². The van der Waals surface area contributed by atoms with Gasteiger partial charge in [0.25, 0.3) is 5.56 Å². The molecular weight excluding hydrogens is 264 g/mol. The van der Waals surface area contributed by atoms with Crippen LogP contribution in [0.2, 0.25) is 0 Å². The highest BCUT2D eigenvalue weighted by molar-refractivity contribution is 5.72. The monoisotopic (exact) mass is 278 g/mol. The maximum Gasteiger partial charge on any atom is 0.279 e. The van der Waals surface area contributed by atoms with Gasteiger partial charge in [-0.05, 0) is 25.7 Å². The first-order chi connectivity index (χ1) is 10.3. The molecule has 0 saturated carbocycles. The molecule has 0 unspecified atom stereocenters. The topological polar surface area (TPSA) is 71.5 Å². The van der Waals surface area contributed by atoms with Crippen molar-refractivity contribution in [3.8, 4) is 11.4 Å². The van der Waals surface area contributed by atoms with Crippen LogP contribution in [0.5, 0.6) is 0 Å². The van der Waals surface area contributed by atoms with Crippen LogP contribution in [0.15, 0.2) is 35.1 Å². The highest BCUT2D eigenvalue weighted by atomic mass is 16.1. The number of hydrogen-bond donors (Lipinski definition) is 1. The summed E-state index contributed by atoms with van der Waals surface area (Å²) >= 11 is 0. The van der Waals surface area contributed by atoms with E-state index in [0.29, 0.717) is 17.0 Å². The van der Waals surface area contributed by atoms with Crippen molar-refractivity contribution in [2.45, 2.75) is 25.7 Å². The smallest absolute Gasteiger partial charge is 0.279 e. The van der Waals surface area contributed by atoms with Crippen molar-refractivity contribution in [2.24, 2.45) is 0 Å². The molecule has 21 heavy (non-hydrogen) atoms. The molecule has 0 amide bonds. The third kappa shape index (κ3) is 2.11. The number of aryl methyl sites for hydroxylation is 2. The van der Waals surface area contributed by atoms with Crippen LogP contribution in [0.3, 0.4) is 0 Å². The van der Waals surface area contributed by atoms with Crippen molar-refractivity contribution >= 4 is 11.2 Å². The molecule has 0 spiro atoms. The summed E-state index contributed by atoms with van der Waals surface area (Å²) in [5, 5.41) is 0. The lowest BCUT2D eigenvalue weighted by molar-refractivity contribution is 0.653. The summed E-state index contributed by atoms with van der Waals surface area (Å²) in [5.41, 5.74) is 3.38. The molecule has 0 fully saturated rings. The molecule has 5 heteroatoms. The van der Waals surface area contributed by atoms with Crippen molar-refractivity contribution < 1.29 is 0 Å². The Morgan fingerprint density at radius 2 is 1.62 bits per heavy atom. The third-order valence-electron chi connectivity index (χ3n) is 3.82. The van der Waals surface area contributed by atoms with Gasteiger partial charge in [-0.2, -0.15) is 0 Å². The second-order valence-corrected chi connectivity index (χ2v) is 5.28. The van der Waals surface area contributed by atoms with Crippen LogP contribution in [0.1, 0.15) is 24.2 Å². The van der Waals surface area contributed by atoms with E-state index in [9.17, 15) is 4.79 Å². The molecule has 0 radical (unpaired) electrons. The summed E-state index contributed by atoms with van der Waals surface area (Å²) in [4.78, 5) is 28.6. The fourth-order valence-corrected chi connectivity index (χ4v) is 2.74. The molecule has 2 heterocycles. The average Bonchev–Trinajstić information content (AvgIpc) is 2.54. The van der Waals surface area contributed by atoms with Gasteiger partial charge in [-0.3, -0.25) is 4.79 Å². The lowest BCUT2D eigenvalue weighted by Crippen LogP contribution is -2.16. The summed E-state index contributed by atoms with van der Waals surface area (Å²) in [6, 6.07) is 9.58. The number of rotatable bonds is 1. The Bertz CT molecular complexity index is 871. The van der Waals surface area contributed by atoms with Crippen LogP contribution >= 0.6 is 0 Å². The summed E-state index contributed by atoms with van der Waals surface area (Å²) in [5.74, 6) is 0.540. The van der Waals surface area contributed by atoms with Gasteiger partial charge in [0.05, 0.1) is 11.4 Å². The molecule has 1 N–H and O–H groups in total. The van der Waals surface area contributed by atoms with E-state index in [0.717, 1.165) is 42.6 Å². The summed E-state index contributed by atoms with van der Waals surface area (Å²) in [7, 11) is 0. The van der Waals surface area contributed by atoms with Gasteiger partial charge >= 0.3 is 0 Å². The van der Waals surface area contributed by atoms with Crippen LogP contribution in [0, 0.1) is 0 Å². The van der Waals surface area contributed by atoms with Crippen molar-refractivity contribution in [1.29, 1.82) is 0 Å². The SMILES string of the molecule is O=c1[nH]c(-c2ccccc2)nc2nc3c(nc12)CCCC3. The lowest BCUT2D eigenvalue weighted by Gasteiger charge is -2.13. The highest BCUT2D eigenvalue weighted by Crippen LogP contribution is 2.20. The van der Waals surface area contributed by atoms with Gasteiger partial charge in [0.15, 0.2) is 11.2 Å². The fraction of sp³-hybridized carbons (Fsp3) is 0.250. The molecule has 0 aliphatic heterocycles. The van der Waals surface area contributed by atoms with Gasteiger partial charge in [0.1, 0.15) is 5.82 Å². The molecule has 2 aromatic heterocycles. The first kappa shape index (κ1) is 12.2. The van der Waals surface area contributed by atoms with Crippen molar-refractivity contribution in [2.75, 3.05) is 0 Å². The molecule has 1 aliphatic carbocycles. The zero-order valence-electron chi connectivity index (χ0n) is 11.5. The fourth-order valence-electron chi connectivity index (χ4n) is 2.74. The summed E-state index contributed by atoms with van der Waals surface area (Å²) < 4.78 is 0. The van der Waals surface area contributed by atoms with E-state index in [2.05, 4.69) is 19.9 Å². The van der Waals surface area contributed by atoms with Gasteiger partial charge in [0, 0.05) is 5.56 Å². The summed E-state index contributed by atoms with van der Waals surface area (Å²) in [6.07, 6.45) is 4.06. The van der Waals surface area contributed by atoms with Gasteiger partial charge in [-0.1, -0.05) is 30.3 Å². The van der Waals surface area contributed by atoms with Gasteiger partial charge in [-0.15, -0.1) is 0 Å². The Hall–Kier alpha value is -2.56. The van der Waals surface area contributed by atoms with Crippen LogP contribution in [-0.2, 0) is 12.8 Å². The van der Waals surface area contributed by atoms with E-state index in [1.807, 2.05) is 30.3 Å². The van der Waals surface area contributed by atoms with E-state index in [4.69, 9.17) is 0 Å². The van der Waals surface area contributed by atoms with Crippen molar-refractivity contribution in [3.05, 3.63) is 52.1 Å². The van der Waals surface area contributed by atoms with E-state index < -0.39 is 0 Å². The van der Waals surface area contributed by atoms with Crippen LogP contribution in [0.4, 0.5) is 0 Å². The molecular formula is C16H14N4O. The maximum atomic E-state index is 12.3. The number of fused-ring (bicyclic) bond motifs is 2. The lowest BCUT2D eigenvalue weighted by atomic mass is 10.0. The number of nitrogens with zero attached hydrogens (tertiary/aromatic N) is 3. The standard InChI is InChI=1S/C16H14N4O/c21-16-13-15(18-12-9-5-4-8-11(12)17-13)19-14(20-16)10-6-2-1-3-7-10/h1-3,6-7H,4-5,8-9H2,(H,18,19,20,21). The van der Waals surface area contributed by atoms with E-state index in [1.165, 1.54) is 0 Å². The van der Waals surface area contributed by atoms with E-state index in [1.54, 1.807) is 0 Å². The number of H-pyrrole nitrogens is 1. The Morgan fingerprint density at radius 1 is 0.905 bits per heavy atom. The normalized spacial score (nSPS) is 14.1. The van der Waals surface area contributed by atoms with E-state index >= 15 is 0 Å². The third-order valence-corrected chi connectivity index (χ3v) is 3.82. The number of benzene rings is 1. The second-order valence-electron chi connectivity index (χ2n) is 5.28. The number of aromatic nitrogens is 4. The minimum absolute atomic E-state index is 0.222. The van der Waals surface area contributed by atoms with Crippen molar-refractivity contribution in [3.63, 3.8) is 0 Å². The number of nitrogens with one attached hydrogen (secondary N) is 1. The average molecular weight is 278 g/mol. The first-order valence-electron chi connectivity index (χ1n) is 7.16. The molecule has 3 aromatic rings.